The van der Waals surface area contributed by atoms with Crippen molar-refractivity contribution in [3.8, 4) is 0 Å². The van der Waals surface area contributed by atoms with Crippen LogP contribution in [0.5, 0.6) is 0 Å². The monoisotopic (exact) mass is 437 g/mol. The average Bonchev–Trinajstić information content (AvgIpc) is 2.83. The highest BCUT2D eigenvalue weighted by Gasteiger charge is 2.22. The molecule has 6 heteroatoms. The van der Waals surface area contributed by atoms with Gasteiger partial charge in [-0.3, -0.25) is 9.89 Å². The summed E-state index contributed by atoms with van der Waals surface area (Å²) in [6.45, 7) is 10.1. The number of aliphatic imine (C=N–C) groups is 1. The quantitative estimate of drug-likeness (QED) is 0.278. The minimum absolute atomic E-state index is 0. The SMILES string of the molecule is CCN1CCCC1CN=C(N)NCCCN1CCCCCC1.I. The van der Waals surface area contributed by atoms with Crippen LogP contribution in [0.2, 0.25) is 0 Å². The van der Waals surface area contributed by atoms with Crippen LogP contribution in [-0.4, -0.2) is 67.6 Å². The van der Waals surface area contributed by atoms with Crippen molar-refractivity contribution in [1.29, 1.82) is 0 Å². The molecule has 136 valence electrons. The predicted octanol–water partition coefficient (Wildman–Crippen LogP) is 2.26. The number of likely N-dealkylation sites (tertiary alicyclic amines) is 2. The highest BCUT2D eigenvalue weighted by atomic mass is 127. The molecule has 0 bridgehead atoms. The Morgan fingerprint density at radius 1 is 1.13 bits per heavy atom. The van der Waals surface area contributed by atoms with Crippen LogP contribution >= 0.6 is 24.0 Å². The highest BCUT2D eigenvalue weighted by Crippen LogP contribution is 2.16. The smallest absolute Gasteiger partial charge is 0.188 e. The van der Waals surface area contributed by atoms with E-state index in [4.69, 9.17) is 5.73 Å². The summed E-state index contributed by atoms with van der Waals surface area (Å²) >= 11 is 0. The number of likely N-dealkylation sites (N-methyl/N-ethyl adjacent to an activating group) is 1. The van der Waals surface area contributed by atoms with Crippen LogP contribution in [0.3, 0.4) is 0 Å². The van der Waals surface area contributed by atoms with E-state index in [2.05, 4.69) is 27.0 Å². The summed E-state index contributed by atoms with van der Waals surface area (Å²) in [5, 5.41) is 3.28. The number of rotatable bonds is 7. The molecule has 2 aliphatic rings. The van der Waals surface area contributed by atoms with E-state index in [0.29, 0.717) is 12.0 Å². The molecule has 23 heavy (non-hydrogen) atoms. The second-order valence-corrected chi connectivity index (χ2v) is 6.69. The maximum atomic E-state index is 5.99. The minimum Gasteiger partial charge on any atom is -0.370 e. The molecule has 0 aromatic heterocycles. The molecule has 0 aromatic rings. The second-order valence-electron chi connectivity index (χ2n) is 6.69. The molecule has 0 aliphatic carbocycles. The van der Waals surface area contributed by atoms with Gasteiger partial charge < -0.3 is 16.0 Å². The zero-order valence-corrected chi connectivity index (χ0v) is 17.1. The summed E-state index contributed by atoms with van der Waals surface area (Å²) in [5.74, 6) is 0.624. The van der Waals surface area contributed by atoms with Gasteiger partial charge in [-0.2, -0.15) is 0 Å². The first kappa shape index (κ1) is 21.0. The van der Waals surface area contributed by atoms with Gasteiger partial charge in [0.15, 0.2) is 5.96 Å². The molecule has 2 rings (SSSR count). The number of nitrogens with zero attached hydrogens (tertiary/aromatic N) is 3. The molecule has 2 heterocycles. The molecular formula is C17H36IN5. The van der Waals surface area contributed by atoms with Gasteiger partial charge in [0.2, 0.25) is 0 Å². The first-order valence-corrected chi connectivity index (χ1v) is 9.30. The molecule has 5 nitrogen and oxygen atoms in total. The third-order valence-corrected chi connectivity index (χ3v) is 5.03. The normalized spacial score (nSPS) is 24.2. The van der Waals surface area contributed by atoms with Crippen LogP contribution in [0.4, 0.5) is 0 Å². The van der Waals surface area contributed by atoms with Crippen molar-refractivity contribution >= 4 is 29.9 Å². The van der Waals surface area contributed by atoms with Crippen molar-refractivity contribution in [3.05, 3.63) is 0 Å². The maximum absolute atomic E-state index is 5.99. The minimum atomic E-state index is 0. The highest BCUT2D eigenvalue weighted by molar-refractivity contribution is 14.0. The van der Waals surface area contributed by atoms with Gasteiger partial charge >= 0.3 is 0 Å². The average molecular weight is 437 g/mol. The van der Waals surface area contributed by atoms with E-state index in [9.17, 15) is 0 Å². The van der Waals surface area contributed by atoms with E-state index in [1.807, 2.05) is 0 Å². The molecule has 2 fully saturated rings. The van der Waals surface area contributed by atoms with Crippen molar-refractivity contribution in [2.24, 2.45) is 10.7 Å². The number of halogens is 1. The Labute approximate surface area is 159 Å². The molecule has 1 unspecified atom stereocenters. The summed E-state index contributed by atoms with van der Waals surface area (Å²) in [7, 11) is 0. The Hall–Kier alpha value is -0.0800. The Bertz CT molecular complexity index is 329. The maximum Gasteiger partial charge on any atom is 0.188 e. The van der Waals surface area contributed by atoms with Crippen LogP contribution in [0, 0.1) is 0 Å². The van der Waals surface area contributed by atoms with Gasteiger partial charge in [-0.05, 0) is 64.8 Å². The van der Waals surface area contributed by atoms with Crippen molar-refractivity contribution in [1.82, 2.24) is 15.1 Å². The van der Waals surface area contributed by atoms with Gasteiger partial charge in [0.25, 0.3) is 0 Å². The first-order valence-electron chi connectivity index (χ1n) is 9.30. The fraction of sp³-hybridized carbons (Fsp3) is 0.941. The number of hydrogen-bond acceptors (Lipinski definition) is 3. The topological polar surface area (TPSA) is 56.9 Å². The van der Waals surface area contributed by atoms with Crippen molar-refractivity contribution in [3.63, 3.8) is 0 Å². The van der Waals surface area contributed by atoms with Gasteiger partial charge in [-0.25, -0.2) is 0 Å². The Morgan fingerprint density at radius 2 is 1.87 bits per heavy atom. The van der Waals surface area contributed by atoms with E-state index in [1.54, 1.807) is 0 Å². The van der Waals surface area contributed by atoms with Crippen molar-refractivity contribution in [2.75, 3.05) is 45.8 Å². The summed E-state index contributed by atoms with van der Waals surface area (Å²) in [6, 6.07) is 0.599. The zero-order valence-electron chi connectivity index (χ0n) is 14.8. The Morgan fingerprint density at radius 3 is 2.57 bits per heavy atom. The largest absolute Gasteiger partial charge is 0.370 e. The van der Waals surface area contributed by atoms with Gasteiger partial charge in [-0.1, -0.05) is 19.8 Å². The number of nitrogens with one attached hydrogen (secondary N) is 1. The Balaban J connectivity index is 0.00000264. The van der Waals surface area contributed by atoms with E-state index in [1.165, 1.54) is 64.7 Å². The van der Waals surface area contributed by atoms with Crippen LogP contribution in [0.1, 0.15) is 51.9 Å². The van der Waals surface area contributed by atoms with Crippen molar-refractivity contribution < 1.29 is 0 Å². The molecule has 0 amide bonds. The molecule has 0 spiro atoms. The van der Waals surface area contributed by atoms with Crippen LogP contribution < -0.4 is 11.1 Å². The molecule has 2 aliphatic heterocycles. The molecule has 1 atom stereocenters. The van der Waals surface area contributed by atoms with E-state index in [0.717, 1.165) is 26.1 Å². The standard InChI is InChI=1S/C17H35N5.HI/c1-2-22-14-7-9-16(22)15-20-17(18)19-10-8-13-21-11-5-3-4-6-12-21;/h16H,2-15H2,1H3,(H3,18,19,20);1H. The summed E-state index contributed by atoms with van der Waals surface area (Å²) in [5.41, 5.74) is 5.99. The zero-order chi connectivity index (χ0) is 15.6. The van der Waals surface area contributed by atoms with Crippen LogP contribution in [-0.2, 0) is 0 Å². The molecule has 2 saturated heterocycles. The lowest BCUT2D eigenvalue weighted by Crippen LogP contribution is -2.37. The fourth-order valence-corrected chi connectivity index (χ4v) is 3.66. The van der Waals surface area contributed by atoms with E-state index in [-0.39, 0.29) is 24.0 Å². The molecular weight excluding hydrogens is 401 g/mol. The van der Waals surface area contributed by atoms with E-state index < -0.39 is 0 Å². The molecule has 0 radical (unpaired) electrons. The van der Waals surface area contributed by atoms with Crippen molar-refractivity contribution in [2.45, 2.75) is 57.9 Å². The summed E-state index contributed by atoms with van der Waals surface area (Å²) in [6.07, 6.45) is 9.27. The second kappa shape index (κ2) is 12.3. The van der Waals surface area contributed by atoms with Gasteiger partial charge in [0, 0.05) is 12.6 Å². The van der Waals surface area contributed by atoms with Gasteiger partial charge in [0.1, 0.15) is 0 Å². The van der Waals surface area contributed by atoms with Gasteiger partial charge in [0.05, 0.1) is 6.54 Å². The lowest BCUT2D eigenvalue weighted by Gasteiger charge is -2.21. The third kappa shape index (κ3) is 8.03. The first-order chi connectivity index (χ1) is 10.8. The molecule has 3 N–H and O–H groups in total. The third-order valence-electron chi connectivity index (χ3n) is 5.03. The lowest BCUT2D eigenvalue weighted by atomic mass is 10.2. The number of guanidine groups is 1. The van der Waals surface area contributed by atoms with Crippen LogP contribution in [0.15, 0.2) is 4.99 Å². The number of hydrogen-bond donors (Lipinski definition) is 2. The summed E-state index contributed by atoms with van der Waals surface area (Å²) in [4.78, 5) is 9.64. The van der Waals surface area contributed by atoms with Crippen LogP contribution in [0.25, 0.3) is 0 Å². The molecule has 0 aromatic carbocycles. The lowest BCUT2D eigenvalue weighted by molar-refractivity contribution is 0.273. The number of nitrogens with two attached hydrogens (primary N) is 1. The Kier molecular flexibility index (Phi) is 11.2. The molecule has 0 saturated carbocycles. The van der Waals surface area contributed by atoms with Gasteiger partial charge in [-0.15, -0.1) is 24.0 Å². The predicted molar refractivity (Wildman–Crippen MR) is 110 cm³/mol. The van der Waals surface area contributed by atoms with E-state index >= 15 is 0 Å². The fourth-order valence-electron chi connectivity index (χ4n) is 3.66. The summed E-state index contributed by atoms with van der Waals surface area (Å²) < 4.78 is 0.